The van der Waals surface area contributed by atoms with E-state index < -0.39 is 0 Å². The number of carbonyl (C=O) groups is 2. The second kappa shape index (κ2) is 5.00. The Hall–Kier alpha value is -2.16. The van der Waals surface area contributed by atoms with Crippen molar-refractivity contribution < 1.29 is 14.3 Å². The molecule has 0 bridgehead atoms. The largest absolute Gasteiger partial charge is 0.485 e. The molecule has 0 amide bonds. The lowest BCUT2D eigenvalue weighted by Crippen LogP contribution is -2.07. The van der Waals surface area contributed by atoms with Crippen LogP contribution < -0.4 is 4.74 Å². The van der Waals surface area contributed by atoms with Gasteiger partial charge in [0.05, 0.1) is 0 Å². The van der Waals surface area contributed by atoms with Gasteiger partial charge in [0.25, 0.3) is 0 Å². The third-order valence-electron chi connectivity index (χ3n) is 2.69. The molecule has 0 aliphatic rings. The molecule has 0 radical (unpaired) electrons. The van der Waals surface area contributed by atoms with Crippen LogP contribution in [0.4, 0.5) is 0 Å². The highest BCUT2D eigenvalue weighted by molar-refractivity contribution is 6.08. The fraction of sp³-hybridized carbons (Fsp3) is 0.200. The molecule has 3 nitrogen and oxygen atoms in total. The van der Waals surface area contributed by atoms with Gasteiger partial charge in [0.1, 0.15) is 12.4 Å². The van der Waals surface area contributed by atoms with Crippen molar-refractivity contribution in [3.05, 3.63) is 42.0 Å². The molecule has 0 spiro atoms. The number of hydrogen-bond donors (Lipinski definition) is 0. The number of ether oxygens (including phenoxy) is 1. The molecule has 0 saturated carbocycles. The van der Waals surface area contributed by atoms with Crippen LogP contribution in [0, 0.1) is 0 Å². The third kappa shape index (κ3) is 2.40. The van der Waals surface area contributed by atoms with Crippen LogP contribution in [0.25, 0.3) is 10.8 Å². The van der Waals surface area contributed by atoms with Gasteiger partial charge >= 0.3 is 0 Å². The first kappa shape index (κ1) is 12.3. The number of carbonyl (C=O) groups excluding carboxylic acids is 2. The predicted molar refractivity (Wildman–Crippen MR) is 70.1 cm³/mol. The van der Waals surface area contributed by atoms with E-state index in [0.29, 0.717) is 11.3 Å². The molecule has 0 unspecified atom stereocenters. The van der Waals surface area contributed by atoms with Crippen LogP contribution in [0.2, 0.25) is 0 Å². The smallest absolute Gasteiger partial charge is 0.167 e. The molecule has 0 heterocycles. The van der Waals surface area contributed by atoms with E-state index in [1.807, 2.05) is 24.3 Å². The summed E-state index contributed by atoms with van der Waals surface area (Å²) in [6.45, 7) is 3.06. The minimum atomic E-state index is -0.0327. The van der Waals surface area contributed by atoms with Gasteiger partial charge in [-0.3, -0.25) is 9.59 Å². The maximum absolute atomic E-state index is 11.5. The first-order valence-electron chi connectivity index (χ1n) is 5.74. The highest BCUT2D eigenvalue weighted by atomic mass is 16.5. The van der Waals surface area contributed by atoms with Crippen LogP contribution >= 0.6 is 0 Å². The summed E-state index contributed by atoms with van der Waals surface area (Å²) in [5, 5.41) is 1.71. The normalized spacial score (nSPS) is 10.3. The van der Waals surface area contributed by atoms with Crippen molar-refractivity contribution in [3.63, 3.8) is 0 Å². The van der Waals surface area contributed by atoms with Crippen molar-refractivity contribution in [2.75, 3.05) is 6.61 Å². The molecule has 0 aromatic heterocycles. The second-order valence-electron chi connectivity index (χ2n) is 4.20. The standard InChI is InChI=1S/C15H14O3/c1-10(16)9-18-15-8-7-12(11(2)17)13-5-3-4-6-14(13)15/h3-8H,9H2,1-2H3. The van der Waals surface area contributed by atoms with Gasteiger partial charge in [0.15, 0.2) is 11.6 Å². The molecule has 18 heavy (non-hydrogen) atoms. The number of hydrogen-bond acceptors (Lipinski definition) is 3. The van der Waals surface area contributed by atoms with Gasteiger partial charge in [0.2, 0.25) is 0 Å². The fourth-order valence-corrected chi connectivity index (χ4v) is 1.88. The summed E-state index contributed by atoms with van der Waals surface area (Å²) in [5.74, 6) is 0.616. The van der Waals surface area contributed by atoms with Crippen LogP contribution in [0.3, 0.4) is 0 Å². The van der Waals surface area contributed by atoms with E-state index in [-0.39, 0.29) is 18.2 Å². The van der Waals surface area contributed by atoms with Gasteiger partial charge in [-0.1, -0.05) is 24.3 Å². The van der Waals surface area contributed by atoms with Crippen molar-refractivity contribution in [1.82, 2.24) is 0 Å². The Morgan fingerprint density at radius 2 is 1.67 bits per heavy atom. The third-order valence-corrected chi connectivity index (χ3v) is 2.69. The second-order valence-corrected chi connectivity index (χ2v) is 4.20. The number of benzene rings is 2. The van der Waals surface area contributed by atoms with Crippen LogP contribution in [-0.2, 0) is 4.79 Å². The minimum Gasteiger partial charge on any atom is -0.485 e. The molecular formula is C15H14O3. The summed E-state index contributed by atoms with van der Waals surface area (Å²) in [4.78, 5) is 22.5. The summed E-state index contributed by atoms with van der Waals surface area (Å²) in [5.41, 5.74) is 0.667. The Labute approximate surface area is 105 Å². The summed E-state index contributed by atoms with van der Waals surface area (Å²) >= 11 is 0. The van der Waals surface area contributed by atoms with Crippen molar-refractivity contribution in [2.24, 2.45) is 0 Å². The number of Topliss-reactive ketones (excluding diaryl/α,β-unsaturated/α-hetero) is 2. The Balaban J connectivity index is 2.53. The quantitative estimate of drug-likeness (QED) is 0.774. The molecule has 0 fully saturated rings. The summed E-state index contributed by atoms with van der Waals surface area (Å²) in [6, 6.07) is 11.0. The summed E-state index contributed by atoms with van der Waals surface area (Å²) in [7, 11) is 0. The molecule has 0 N–H and O–H groups in total. The predicted octanol–water partition coefficient (Wildman–Crippen LogP) is 3.01. The van der Waals surface area contributed by atoms with Crippen molar-refractivity contribution in [2.45, 2.75) is 13.8 Å². The molecule has 2 rings (SSSR count). The first-order valence-corrected chi connectivity index (χ1v) is 5.74. The maximum atomic E-state index is 11.5. The molecule has 0 aliphatic carbocycles. The Kier molecular flexibility index (Phi) is 3.42. The maximum Gasteiger partial charge on any atom is 0.167 e. The van der Waals surface area contributed by atoms with Gasteiger partial charge in [-0.05, 0) is 31.4 Å². The summed E-state index contributed by atoms with van der Waals surface area (Å²) in [6.07, 6.45) is 0. The molecule has 92 valence electrons. The van der Waals surface area contributed by atoms with E-state index in [2.05, 4.69) is 0 Å². The van der Waals surface area contributed by atoms with Crippen molar-refractivity contribution >= 4 is 22.3 Å². The topological polar surface area (TPSA) is 43.4 Å². The van der Waals surface area contributed by atoms with E-state index in [4.69, 9.17) is 4.74 Å². The van der Waals surface area contributed by atoms with Crippen molar-refractivity contribution in [1.29, 1.82) is 0 Å². The van der Waals surface area contributed by atoms with E-state index in [1.165, 1.54) is 13.8 Å². The highest BCUT2D eigenvalue weighted by Gasteiger charge is 2.09. The van der Waals surface area contributed by atoms with Gasteiger partial charge in [0, 0.05) is 10.9 Å². The minimum absolute atomic E-state index is 0.0179. The SMILES string of the molecule is CC(=O)COc1ccc(C(C)=O)c2ccccc12. The van der Waals surface area contributed by atoms with Gasteiger partial charge in [-0.2, -0.15) is 0 Å². The molecular weight excluding hydrogens is 228 g/mol. The van der Waals surface area contributed by atoms with E-state index in [9.17, 15) is 9.59 Å². The van der Waals surface area contributed by atoms with Crippen LogP contribution in [0.15, 0.2) is 36.4 Å². The molecule has 0 saturated heterocycles. The molecule has 3 heteroatoms. The molecule has 2 aromatic carbocycles. The Morgan fingerprint density at radius 1 is 1.00 bits per heavy atom. The fourth-order valence-electron chi connectivity index (χ4n) is 1.88. The van der Waals surface area contributed by atoms with Crippen LogP contribution in [0.1, 0.15) is 24.2 Å². The molecule has 2 aromatic rings. The van der Waals surface area contributed by atoms with Crippen LogP contribution in [0.5, 0.6) is 5.75 Å². The van der Waals surface area contributed by atoms with E-state index in [0.717, 1.165) is 10.8 Å². The number of ketones is 2. The zero-order valence-corrected chi connectivity index (χ0v) is 10.4. The average molecular weight is 242 g/mol. The number of fused-ring (bicyclic) bond motifs is 1. The zero-order chi connectivity index (χ0) is 13.1. The lowest BCUT2D eigenvalue weighted by atomic mass is 10.0. The monoisotopic (exact) mass is 242 g/mol. The van der Waals surface area contributed by atoms with Crippen LogP contribution in [-0.4, -0.2) is 18.2 Å². The lowest BCUT2D eigenvalue weighted by molar-refractivity contribution is -0.118. The Bertz CT molecular complexity index is 614. The number of rotatable bonds is 4. The lowest BCUT2D eigenvalue weighted by Gasteiger charge is -2.10. The summed E-state index contributed by atoms with van der Waals surface area (Å²) < 4.78 is 5.45. The molecule has 0 aliphatic heterocycles. The van der Waals surface area contributed by atoms with Crippen molar-refractivity contribution in [3.8, 4) is 5.75 Å². The first-order chi connectivity index (χ1) is 8.59. The van der Waals surface area contributed by atoms with Gasteiger partial charge in [-0.25, -0.2) is 0 Å². The van der Waals surface area contributed by atoms with Gasteiger partial charge in [-0.15, -0.1) is 0 Å². The van der Waals surface area contributed by atoms with Gasteiger partial charge < -0.3 is 4.74 Å². The van der Waals surface area contributed by atoms with E-state index >= 15 is 0 Å². The zero-order valence-electron chi connectivity index (χ0n) is 10.4. The Morgan fingerprint density at radius 3 is 2.28 bits per heavy atom. The van der Waals surface area contributed by atoms with E-state index in [1.54, 1.807) is 12.1 Å². The average Bonchev–Trinajstić information content (AvgIpc) is 2.35. The highest BCUT2D eigenvalue weighted by Crippen LogP contribution is 2.28. The molecule has 0 atom stereocenters.